The van der Waals surface area contributed by atoms with Crippen molar-refractivity contribution in [3.05, 3.63) is 190 Å². The number of anilines is 1. The SMILES string of the molecule is CC(C)C.CC(C)c1cc2cn[nH]c2[nH]1.CC(C)c1cn2c(n1)C=CNC2.CC(C)c1cn2c(n1)CCCC2.CC(C)c1cn2c(n1)CSCC2.CC(C)c1cn2c(n1)NCCC2.CC(C)c1cn2cnccc2n1.CC(C)c1cnco1.CC(C)c1cncs1.CC(C)c1noc2c1CCCC2.c1cc2n(n1)CCCC2. The van der Waals surface area contributed by atoms with E-state index in [9.17, 15) is 0 Å². The van der Waals surface area contributed by atoms with Gasteiger partial charge in [0.25, 0.3) is 0 Å². The van der Waals surface area contributed by atoms with E-state index in [1.807, 2.05) is 64.8 Å². The highest BCUT2D eigenvalue weighted by molar-refractivity contribution is 7.98. The normalized spacial score (nSPS) is 14.1. The second-order valence-corrected chi connectivity index (χ2v) is 34.8. The summed E-state index contributed by atoms with van der Waals surface area (Å²) in [5.41, 5.74) is 15.1. The lowest BCUT2D eigenvalue weighted by Crippen LogP contribution is -2.16. The summed E-state index contributed by atoms with van der Waals surface area (Å²) in [5.74, 6) is 14.7. The summed E-state index contributed by atoms with van der Waals surface area (Å²) in [6.45, 7) is 51.9. The monoisotopic (exact) mass is 1570 g/mol. The Bertz CT molecular complexity index is 4250. The molecule has 23 nitrogen and oxygen atoms in total. The van der Waals surface area contributed by atoms with Crippen LogP contribution in [0.2, 0.25) is 0 Å². The number of aromatic amines is 2. The molecule has 0 fully saturated rings. The Kier molecular flexibility index (Phi) is 35.8. The van der Waals surface area contributed by atoms with Crippen molar-refractivity contribution in [3.63, 3.8) is 0 Å². The third-order valence-corrected chi connectivity index (χ3v) is 21.1. The fourth-order valence-electron chi connectivity index (χ4n) is 12.4. The number of rotatable bonds is 9. The van der Waals surface area contributed by atoms with Gasteiger partial charge in [0.05, 0.1) is 64.5 Å². The molecule has 610 valence electrons. The Morgan fingerprint density at radius 2 is 1.18 bits per heavy atom. The average molecular weight is 1570 g/mol. The average Bonchev–Trinajstić information content (AvgIpc) is 1.70. The van der Waals surface area contributed by atoms with Gasteiger partial charge in [-0.3, -0.25) is 19.2 Å². The van der Waals surface area contributed by atoms with E-state index in [1.54, 1.807) is 30.1 Å². The summed E-state index contributed by atoms with van der Waals surface area (Å²) in [6.07, 6.45) is 40.7. The lowest BCUT2D eigenvalue weighted by Gasteiger charge is -2.14. The van der Waals surface area contributed by atoms with Gasteiger partial charge in [0.2, 0.25) is 5.95 Å². The number of nitrogens with one attached hydrogen (secondary N) is 4. The first-order valence-corrected chi connectivity index (χ1v) is 43.3. The Balaban J connectivity index is 0.000000156. The minimum Gasteiger partial charge on any atom is -0.448 e. The van der Waals surface area contributed by atoms with Crippen LogP contribution in [0.4, 0.5) is 5.95 Å². The van der Waals surface area contributed by atoms with Crippen LogP contribution >= 0.6 is 23.1 Å². The van der Waals surface area contributed by atoms with Crippen molar-refractivity contribution in [1.29, 1.82) is 0 Å². The van der Waals surface area contributed by atoms with Gasteiger partial charge in [0, 0.05) is 140 Å². The molecule has 0 saturated heterocycles. The summed E-state index contributed by atoms with van der Waals surface area (Å²) in [7, 11) is 0. The number of nitrogens with zero attached hydrogens (tertiary/aromatic N) is 17. The number of hydrogen-bond acceptors (Lipinski definition) is 17. The predicted octanol–water partition coefficient (Wildman–Crippen LogP) is 21.4. The first kappa shape index (κ1) is 88.7. The third-order valence-electron chi connectivity index (χ3n) is 19.1. The maximum absolute atomic E-state index is 5.30. The number of fused-ring (bicyclic) bond motifs is 8. The molecule has 18 rings (SSSR count). The van der Waals surface area contributed by atoms with Crippen molar-refractivity contribution in [3.8, 4) is 0 Å². The third kappa shape index (κ3) is 27.8. The molecule has 0 unspecified atom stereocenters. The van der Waals surface area contributed by atoms with E-state index in [2.05, 4.69) is 281 Å². The molecule has 0 amide bonds. The molecule has 0 bridgehead atoms. The largest absolute Gasteiger partial charge is 0.448 e. The zero-order valence-electron chi connectivity index (χ0n) is 71.3. The number of aryl methyl sites for hydroxylation is 7. The van der Waals surface area contributed by atoms with E-state index in [0.29, 0.717) is 53.3 Å². The van der Waals surface area contributed by atoms with Crippen molar-refractivity contribution < 1.29 is 8.94 Å². The highest BCUT2D eigenvalue weighted by atomic mass is 32.2. The van der Waals surface area contributed by atoms with Gasteiger partial charge in [-0.25, -0.2) is 34.9 Å². The smallest absolute Gasteiger partial charge is 0.203 e. The van der Waals surface area contributed by atoms with Gasteiger partial charge in [0.1, 0.15) is 46.6 Å². The predicted molar refractivity (Wildman–Crippen MR) is 461 cm³/mol. The molecule has 0 spiro atoms. The first-order valence-electron chi connectivity index (χ1n) is 41.3. The maximum atomic E-state index is 5.30. The van der Waals surface area contributed by atoms with Crippen LogP contribution in [-0.2, 0) is 64.3 Å². The first-order chi connectivity index (χ1) is 53.7. The summed E-state index contributed by atoms with van der Waals surface area (Å²) < 4.78 is 23.3. The molecule has 12 aromatic heterocycles. The van der Waals surface area contributed by atoms with E-state index >= 15 is 0 Å². The van der Waals surface area contributed by atoms with Crippen LogP contribution in [0, 0.1) is 5.92 Å². The molecule has 1 aliphatic carbocycles. The van der Waals surface area contributed by atoms with Crippen LogP contribution in [0.15, 0.2) is 114 Å². The lowest BCUT2D eigenvalue weighted by atomic mass is 9.93. The number of imidazole rings is 5. The van der Waals surface area contributed by atoms with E-state index in [1.165, 1.54) is 145 Å². The van der Waals surface area contributed by atoms with Crippen molar-refractivity contribution in [2.24, 2.45) is 5.92 Å². The molecule has 17 heterocycles. The van der Waals surface area contributed by atoms with Gasteiger partial charge in [0.15, 0.2) is 6.39 Å². The summed E-state index contributed by atoms with van der Waals surface area (Å²) >= 11 is 3.70. The van der Waals surface area contributed by atoms with Gasteiger partial charge in [-0.1, -0.05) is 151 Å². The fraction of sp³-hybridized carbons (Fsp3) is 0.575. The topological polar surface area (TPSA) is 253 Å². The van der Waals surface area contributed by atoms with Gasteiger partial charge in [-0.15, -0.1) is 11.3 Å². The number of H-pyrrole nitrogens is 2. The Morgan fingerprint density at radius 1 is 0.536 bits per heavy atom. The maximum Gasteiger partial charge on any atom is 0.203 e. The molecular formula is C87H133N21O2S2. The van der Waals surface area contributed by atoms with Crippen LogP contribution in [-0.4, -0.2) is 105 Å². The fourth-order valence-corrected chi connectivity index (χ4v) is 13.9. The van der Waals surface area contributed by atoms with Crippen LogP contribution in [0.1, 0.15) is 329 Å². The second kappa shape index (κ2) is 45.2. The number of thiazole rings is 1. The molecule has 0 atom stereocenters. The number of aromatic nitrogens is 19. The molecule has 6 aliphatic rings. The van der Waals surface area contributed by atoms with Crippen molar-refractivity contribution in [2.45, 2.75) is 308 Å². The zero-order valence-corrected chi connectivity index (χ0v) is 73.0. The highest BCUT2D eigenvalue weighted by Crippen LogP contribution is 2.30. The minimum atomic E-state index is 0.456. The molecule has 12 aromatic rings. The Hall–Kier alpha value is -8.84. The van der Waals surface area contributed by atoms with E-state index in [4.69, 9.17) is 8.94 Å². The van der Waals surface area contributed by atoms with E-state index in [-0.39, 0.29) is 0 Å². The summed E-state index contributed by atoms with van der Waals surface area (Å²) in [4.78, 5) is 39.0. The molecule has 5 aliphatic heterocycles. The van der Waals surface area contributed by atoms with Crippen molar-refractivity contribution in [1.82, 2.24) is 98.0 Å². The Labute approximate surface area is 675 Å². The summed E-state index contributed by atoms with van der Waals surface area (Å²) in [5, 5.41) is 22.7. The Morgan fingerprint density at radius 3 is 1.77 bits per heavy atom. The molecular weight excluding hydrogens is 1440 g/mol. The molecule has 0 aromatic carbocycles. The lowest BCUT2D eigenvalue weighted by molar-refractivity contribution is 0.366. The molecule has 25 heteroatoms. The van der Waals surface area contributed by atoms with E-state index < -0.39 is 0 Å². The van der Waals surface area contributed by atoms with Gasteiger partial charge in [-0.2, -0.15) is 22.0 Å². The number of thioether (sulfide) groups is 1. The van der Waals surface area contributed by atoms with Crippen LogP contribution in [0.3, 0.4) is 0 Å². The van der Waals surface area contributed by atoms with Gasteiger partial charge >= 0.3 is 0 Å². The van der Waals surface area contributed by atoms with E-state index in [0.717, 1.165) is 96.6 Å². The van der Waals surface area contributed by atoms with Gasteiger partial charge in [-0.05, 0) is 135 Å². The second-order valence-electron chi connectivity index (χ2n) is 32.8. The van der Waals surface area contributed by atoms with Gasteiger partial charge < -0.3 is 42.8 Å². The van der Waals surface area contributed by atoms with Crippen LogP contribution in [0.25, 0.3) is 22.8 Å². The standard InChI is InChI=1S/C10H16N2.C10H15NO.C9H13N3.C9H11N3.C9H15N3.C9H14N2S.C8H11N3.C7H10N2.C6H9NO.C6H9NS.C4H10/c1-8(2)9-7-12-6-4-3-5-10(12)11-9;1-7(2)10-8-5-3-4-6-9(8)12-11-10;2*1-7(2)8-5-12-6-10-4-3-9(12)11-8;1-7(2)8-6-12-5-3-4-10-9(12)11-8;1-7(2)8-5-11-3-4-12-6-9(11)10-8;1-5(2)7-3-6-4-9-11-8(6)10-7;1-2-6-9-7(3-1)4-5-8-9;2*1-5(2)6-3-7-4-8-6;1-4(2)3/h7-8H,3-6H2,1-2H3;7H,3-6H2,1-2H3;3-5,7,10H,6H2,1-2H3;3-7H,1-2H3;6-7H,3-5H2,1-2H3,(H,10,11);5,7H,3-4,6H2,1-2H3;3-5H,1-2H3,(H2,9,10,11);4-5H,1-3,6H2;2*3-5H,1-2H3;4H,1-3H3. The van der Waals surface area contributed by atoms with Crippen molar-refractivity contribution in [2.75, 3.05) is 17.6 Å². The van der Waals surface area contributed by atoms with Crippen LogP contribution in [0.5, 0.6) is 0 Å². The molecule has 0 saturated carbocycles. The number of hydrogen-bond donors (Lipinski definition) is 4. The molecule has 4 N–H and O–H groups in total. The highest BCUT2D eigenvalue weighted by Gasteiger charge is 2.22. The summed E-state index contributed by atoms with van der Waals surface area (Å²) in [6, 6.07) is 6.15. The number of oxazole rings is 1. The van der Waals surface area contributed by atoms with Crippen molar-refractivity contribution >= 4 is 51.8 Å². The molecule has 112 heavy (non-hydrogen) atoms. The minimum absolute atomic E-state index is 0.456. The quantitative estimate of drug-likeness (QED) is 0.105. The zero-order chi connectivity index (χ0) is 80.8. The van der Waals surface area contributed by atoms with Crippen LogP contribution < -0.4 is 10.6 Å². The molecule has 0 radical (unpaired) electrons.